The first kappa shape index (κ1) is 22.9. The predicted molar refractivity (Wildman–Crippen MR) is 129 cm³/mol. The molecule has 0 aliphatic carbocycles. The van der Waals surface area contributed by atoms with Crippen molar-refractivity contribution in [1.29, 1.82) is 5.26 Å². The van der Waals surface area contributed by atoms with E-state index in [1.54, 1.807) is 30.3 Å². The number of benzene rings is 2. The van der Waals surface area contributed by atoms with Crippen LogP contribution in [0.3, 0.4) is 0 Å². The number of carbonyl (C=O) groups excluding carboxylic acids is 1. The van der Waals surface area contributed by atoms with Crippen LogP contribution >= 0.6 is 0 Å². The third-order valence-electron chi connectivity index (χ3n) is 5.61. The summed E-state index contributed by atoms with van der Waals surface area (Å²) in [6, 6.07) is 14.5. The summed E-state index contributed by atoms with van der Waals surface area (Å²) >= 11 is 0. The summed E-state index contributed by atoms with van der Waals surface area (Å²) < 4.78 is 14.3. The van der Waals surface area contributed by atoms with Gasteiger partial charge in [-0.2, -0.15) is 10.2 Å². The van der Waals surface area contributed by atoms with Crippen molar-refractivity contribution in [2.24, 2.45) is 5.73 Å². The maximum absolute atomic E-state index is 14.3. The number of nitrogens with zero attached hydrogens (tertiary/aromatic N) is 5. The average molecular weight is 461 g/mol. The summed E-state index contributed by atoms with van der Waals surface area (Å²) in [6.07, 6.45) is 1.37. The Labute approximate surface area is 197 Å². The fourth-order valence-electron chi connectivity index (χ4n) is 3.71. The van der Waals surface area contributed by atoms with Crippen LogP contribution in [0.15, 0.2) is 48.7 Å². The van der Waals surface area contributed by atoms with E-state index in [4.69, 9.17) is 11.0 Å². The summed E-state index contributed by atoms with van der Waals surface area (Å²) in [7, 11) is 2.06. The maximum atomic E-state index is 14.3. The molecule has 3 aromatic rings. The van der Waals surface area contributed by atoms with Gasteiger partial charge in [-0.05, 0) is 42.9 Å². The van der Waals surface area contributed by atoms with E-state index in [0.717, 1.165) is 43.6 Å². The van der Waals surface area contributed by atoms with Crippen LogP contribution in [0.25, 0.3) is 0 Å². The number of nitriles is 1. The van der Waals surface area contributed by atoms with Crippen LogP contribution in [-0.4, -0.2) is 54.0 Å². The lowest BCUT2D eigenvalue weighted by Crippen LogP contribution is -2.45. The van der Waals surface area contributed by atoms with E-state index in [2.05, 4.69) is 43.5 Å². The summed E-state index contributed by atoms with van der Waals surface area (Å²) in [5, 5.41) is 14.7. The van der Waals surface area contributed by atoms with E-state index in [1.165, 1.54) is 0 Å². The number of anilines is 5. The monoisotopic (exact) mass is 460 g/mol. The van der Waals surface area contributed by atoms with Gasteiger partial charge in [-0.25, -0.2) is 9.37 Å². The molecule has 0 unspecified atom stereocenters. The van der Waals surface area contributed by atoms with E-state index in [-0.39, 0.29) is 11.8 Å². The van der Waals surface area contributed by atoms with Gasteiger partial charge in [0.05, 0.1) is 24.3 Å². The smallest absolute Gasteiger partial charge is 0.250 e. The quantitative estimate of drug-likeness (QED) is 0.492. The Kier molecular flexibility index (Phi) is 6.85. The maximum Gasteiger partial charge on any atom is 0.250 e. The Morgan fingerprint density at radius 2 is 1.82 bits per heavy atom. The van der Waals surface area contributed by atoms with E-state index in [9.17, 15) is 9.18 Å². The minimum Gasteiger partial charge on any atom is -0.368 e. The highest BCUT2D eigenvalue weighted by Crippen LogP contribution is 2.27. The average Bonchev–Trinajstić information content (AvgIpc) is 2.83. The minimum absolute atomic E-state index is 0.00489. The lowest BCUT2D eigenvalue weighted by molar-refractivity contribution is 0.100. The number of aromatic nitrogens is 2. The summed E-state index contributed by atoms with van der Waals surface area (Å²) in [6.45, 7) is 3.41. The largest absolute Gasteiger partial charge is 0.368 e. The number of halogens is 1. The number of rotatable bonds is 7. The van der Waals surface area contributed by atoms with Crippen molar-refractivity contribution in [2.75, 3.05) is 48.8 Å². The first-order valence-electron chi connectivity index (χ1n) is 10.8. The molecule has 9 nitrogen and oxygen atoms in total. The molecule has 10 heteroatoms. The molecule has 1 aromatic heterocycles. The Morgan fingerprint density at radius 1 is 1.12 bits per heavy atom. The molecule has 0 saturated carbocycles. The molecular formula is C24H25FN8O. The second-order valence-electron chi connectivity index (χ2n) is 8.06. The van der Waals surface area contributed by atoms with Crippen LogP contribution in [0.2, 0.25) is 0 Å². The van der Waals surface area contributed by atoms with Crippen molar-refractivity contribution in [3.05, 3.63) is 65.6 Å². The second kappa shape index (κ2) is 10.1. The molecule has 1 saturated heterocycles. The molecule has 2 aromatic carbocycles. The van der Waals surface area contributed by atoms with E-state index in [1.807, 2.05) is 12.1 Å². The number of nitrogens with two attached hydrogens (primary N) is 1. The topological polar surface area (TPSA) is 123 Å². The minimum atomic E-state index is -0.616. The van der Waals surface area contributed by atoms with Gasteiger partial charge >= 0.3 is 0 Å². The molecule has 0 radical (unpaired) electrons. The number of primary amides is 1. The van der Waals surface area contributed by atoms with Gasteiger partial charge in [-0.3, -0.25) is 4.79 Å². The highest BCUT2D eigenvalue weighted by atomic mass is 19.1. The van der Waals surface area contributed by atoms with Crippen molar-refractivity contribution >= 4 is 34.7 Å². The van der Waals surface area contributed by atoms with Crippen LogP contribution in [0.5, 0.6) is 0 Å². The Morgan fingerprint density at radius 3 is 2.50 bits per heavy atom. The molecule has 1 aliphatic rings. The number of hydrogen-bond donors (Lipinski definition) is 3. The van der Waals surface area contributed by atoms with Crippen LogP contribution in [-0.2, 0) is 6.42 Å². The zero-order valence-electron chi connectivity index (χ0n) is 18.8. The molecule has 4 N–H and O–H groups in total. The Bertz CT molecular complexity index is 1220. The molecule has 0 atom stereocenters. The third kappa shape index (κ3) is 5.39. The van der Waals surface area contributed by atoms with Crippen molar-refractivity contribution in [1.82, 2.24) is 14.9 Å². The van der Waals surface area contributed by atoms with E-state index >= 15 is 0 Å². The number of carbonyl (C=O) groups is 1. The van der Waals surface area contributed by atoms with Gasteiger partial charge in [-0.1, -0.05) is 12.1 Å². The zero-order valence-corrected chi connectivity index (χ0v) is 18.8. The molecule has 34 heavy (non-hydrogen) atoms. The summed E-state index contributed by atoms with van der Waals surface area (Å²) in [5.74, 6) is -0.989. The van der Waals surface area contributed by atoms with E-state index < -0.39 is 11.7 Å². The number of hydrogen-bond acceptors (Lipinski definition) is 8. The summed E-state index contributed by atoms with van der Waals surface area (Å²) in [5.41, 5.74) is 8.89. The zero-order chi connectivity index (χ0) is 24.1. The van der Waals surface area contributed by atoms with Gasteiger partial charge in [0.15, 0.2) is 11.6 Å². The van der Waals surface area contributed by atoms with Crippen molar-refractivity contribution in [3.63, 3.8) is 0 Å². The number of nitrogens with one attached hydrogen (secondary N) is 2. The standard InChI is InChI=1S/C24H25FN8O/c1-32-10-12-33(13-11-32)21-7-6-18(14-19(21)22(27)34)30-24-28-15-20(25)23(31-24)29-17-4-2-16(3-5-17)8-9-26/h2-7,14-15H,8,10-13H2,1H3,(H2,27,34)(H2,28,29,30,31). The highest BCUT2D eigenvalue weighted by Gasteiger charge is 2.20. The van der Waals surface area contributed by atoms with Crippen molar-refractivity contribution < 1.29 is 9.18 Å². The first-order chi connectivity index (χ1) is 16.4. The Balaban J connectivity index is 1.52. The van der Waals surface area contributed by atoms with Gasteiger partial charge < -0.3 is 26.2 Å². The van der Waals surface area contributed by atoms with Crippen LogP contribution in [0.1, 0.15) is 15.9 Å². The number of amides is 1. The van der Waals surface area contributed by atoms with Crippen LogP contribution in [0.4, 0.5) is 33.2 Å². The molecule has 2 heterocycles. The van der Waals surface area contributed by atoms with Gasteiger partial charge in [0.1, 0.15) is 0 Å². The molecular weight excluding hydrogens is 435 g/mol. The highest BCUT2D eigenvalue weighted by molar-refractivity contribution is 6.00. The lowest BCUT2D eigenvalue weighted by Gasteiger charge is -2.35. The number of piperazine rings is 1. The molecule has 0 bridgehead atoms. The van der Waals surface area contributed by atoms with Crippen molar-refractivity contribution in [3.8, 4) is 6.07 Å². The van der Waals surface area contributed by atoms with Gasteiger partial charge in [-0.15, -0.1) is 0 Å². The van der Waals surface area contributed by atoms with Crippen molar-refractivity contribution in [2.45, 2.75) is 6.42 Å². The molecule has 4 rings (SSSR count). The third-order valence-corrected chi connectivity index (χ3v) is 5.61. The van der Waals surface area contributed by atoms with E-state index in [0.29, 0.717) is 23.4 Å². The molecule has 174 valence electrons. The second-order valence-corrected chi connectivity index (χ2v) is 8.06. The van der Waals surface area contributed by atoms with Crippen LogP contribution < -0.4 is 21.3 Å². The van der Waals surface area contributed by atoms with Gasteiger partial charge in [0, 0.05) is 43.2 Å². The van der Waals surface area contributed by atoms with Crippen LogP contribution in [0, 0.1) is 17.1 Å². The number of likely N-dealkylation sites (N-methyl/N-ethyl adjacent to an activating group) is 1. The Hall–Kier alpha value is -4.23. The SMILES string of the molecule is CN1CCN(c2ccc(Nc3ncc(F)c(Nc4ccc(CC#N)cc4)n3)cc2C(N)=O)CC1. The normalized spacial score (nSPS) is 13.9. The summed E-state index contributed by atoms with van der Waals surface area (Å²) in [4.78, 5) is 24.7. The van der Waals surface area contributed by atoms with Gasteiger partial charge in [0.2, 0.25) is 5.95 Å². The molecule has 1 aliphatic heterocycles. The molecule has 1 fully saturated rings. The molecule has 1 amide bonds. The fourth-order valence-corrected chi connectivity index (χ4v) is 3.71. The molecule has 0 spiro atoms. The van der Waals surface area contributed by atoms with Gasteiger partial charge in [0.25, 0.3) is 5.91 Å². The first-order valence-corrected chi connectivity index (χ1v) is 10.8. The predicted octanol–water partition coefficient (Wildman–Crippen LogP) is 3.02. The lowest BCUT2D eigenvalue weighted by atomic mass is 10.1. The fraction of sp³-hybridized carbons (Fsp3) is 0.250.